The van der Waals surface area contributed by atoms with Crippen LogP contribution in [0.4, 0.5) is 4.39 Å². The summed E-state index contributed by atoms with van der Waals surface area (Å²) in [6.45, 7) is 2.70. The zero-order chi connectivity index (χ0) is 12.3. The van der Waals surface area contributed by atoms with Crippen molar-refractivity contribution in [3.8, 4) is 0 Å². The zero-order valence-electron chi connectivity index (χ0n) is 9.66. The molecule has 1 aromatic carbocycles. The summed E-state index contributed by atoms with van der Waals surface area (Å²) in [5.41, 5.74) is 6.69. The van der Waals surface area contributed by atoms with Gasteiger partial charge in [-0.1, -0.05) is 12.1 Å². The third kappa shape index (κ3) is 3.25. The molecular weight excluding hydrogens is 221 g/mol. The molecule has 2 unspecified atom stereocenters. The van der Waals surface area contributed by atoms with E-state index in [1.54, 1.807) is 12.1 Å². The lowest BCUT2D eigenvalue weighted by molar-refractivity contribution is -0.121. The third-order valence-electron chi connectivity index (χ3n) is 2.86. The first-order valence-corrected chi connectivity index (χ1v) is 5.67. The molecule has 5 heteroatoms. The summed E-state index contributed by atoms with van der Waals surface area (Å²) in [6.07, 6.45) is 0.209. The van der Waals surface area contributed by atoms with Gasteiger partial charge in [-0.25, -0.2) is 4.39 Å². The highest BCUT2D eigenvalue weighted by Gasteiger charge is 2.23. The summed E-state index contributed by atoms with van der Waals surface area (Å²) in [6, 6.07) is 6.39. The molecule has 1 aromatic rings. The van der Waals surface area contributed by atoms with E-state index in [1.807, 2.05) is 6.92 Å². The third-order valence-corrected chi connectivity index (χ3v) is 2.86. The molecule has 0 aromatic heterocycles. The first-order valence-electron chi connectivity index (χ1n) is 5.67. The molecule has 17 heavy (non-hydrogen) atoms. The number of carbonyl (C=O) groups excluding carboxylic acids is 1. The van der Waals surface area contributed by atoms with Crippen LogP contribution in [0.25, 0.3) is 0 Å². The molecule has 1 aliphatic heterocycles. The van der Waals surface area contributed by atoms with Gasteiger partial charge in [0.2, 0.25) is 5.91 Å². The molecule has 1 heterocycles. The van der Waals surface area contributed by atoms with Crippen LogP contribution in [0.15, 0.2) is 24.3 Å². The van der Waals surface area contributed by atoms with Crippen LogP contribution in [0, 0.1) is 5.82 Å². The van der Waals surface area contributed by atoms with E-state index in [0.29, 0.717) is 12.1 Å². The molecule has 0 radical (unpaired) electrons. The van der Waals surface area contributed by atoms with Crippen LogP contribution in [0.3, 0.4) is 0 Å². The van der Waals surface area contributed by atoms with E-state index >= 15 is 0 Å². The fraction of sp³-hybridized carbons (Fsp3) is 0.417. The molecule has 4 nitrogen and oxygen atoms in total. The molecule has 1 aliphatic rings. The number of benzene rings is 1. The highest BCUT2D eigenvalue weighted by Crippen LogP contribution is 2.05. The number of halogens is 1. The van der Waals surface area contributed by atoms with Crippen molar-refractivity contribution in [3.05, 3.63) is 35.6 Å². The highest BCUT2D eigenvalue weighted by atomic mass is 19.1. The Morgan fingerprint density at radius 3 is 3.06 bits per heavy atom. The molecule has 2 rings (SSSR count). The maximum atomic E-state index is 12.9. The predicted molar refractivity (Wildman–Crippen MR) is 62.6 cm³/mol. The summed E-state index contributed by atoms with van der Waals surface area (Å²) in [4.78, 5) is 11.7. The van der Waals surface area contributed by atoms with Crippen molar-refractivity contribution in [2.75, 3.05) is 6.54 Å². The van der Waals surface area contributed by atoms with E-state index in [2.05, 4.69) is 16.2 Å². The number of hydrazine groups is 1. The lowest BCUT2D eigenvalue weighted by Crippen LogP contribution is -2.43. The SMILES string of the molecule is CC1NNCC1NC(=O)Cc1cccc(F)c1. The monoisotopic (exact) mass is 237 g/mol. The maximum absolute atomic E-state index is 12.9. The first-order chi connectivity index (χ1) is 8.15. The van der Waals surface area contributed by atoms with Gasteiger partial charge in [-0.15, -0.1) is 0 Å². The zero-order valence-corrected chi connectivity index (χ0v) is 9.66. The number of rotatable bonds is 3. The fourth-order valence-corrected chi connectivity index (χ4v) is 1.87. The van der Waals surface area contributed by atoms with E-state index in [1.165, 1.54) is 12.1 Å². The summed E-state index contributed by atoms with van der Waals surface area (Å²) in [5, 5.41) is 2.91. The van der Waals surface area contributed by atoms with Crippen molar-refractivity contribution in [3.63, 3.8) is 0 Å². The van der Waals surface area contributed by atoms with E-state index in [4.69, 9.17) is 0 Å². The molecule has 0 bridgehead atoms. The number of hydrogen-bond acceptors (Lipinski definition) is 3. The summed E-state index contributed by atoms with van der Waals surface area (Å²) >= 11 is 0. The van der Waals surface area contributed by atoms with Crippen molar-refractivity contribution in [1.82, 2.24) is 16.2 Å². The summed E-state index contributed by atoms with van der Waals surface area (Å²) < 4.78 is 12.9. The van der Waals surface area contributed by atoms with Crippen LogP contribution in [0.1, 0.15) is 12.5 Å². The Bertz CT molecular complexity index is 410. The standard InChI is InChI=1S/C12H16FN3O/c1-8-11(7-14-16-8)15-12(17)6-9-3-2-4-10(13)5-9/h2-5,8,11,14,16H,6-7H2,1H3,(H,15,17). The Hall–Kier alpha value is -1.46. The highest BCUT2D eigenvalue weighted by molar-refractivity contribution is 5.79. The van der Waals surface area contributed by atoms with Gasteiger partial charge < -0.3 is 5.32 Å². The maximum Gasteiger partial charge on any atom is 0.224 e. The second-order valence-corrected chi connectivity index (χ2v) is 4.29. The van der Waals surface area contributed by atoms with Crippen molar-refractivity contribution < 1.29 is 9.18 Å². The van der Waals surface area contributed by atoms with Crippen LogP contribution in [-0.4, -0.2) is 24.5 Å². The van der Waals surface area contributed by atoms with Crippen LogP contribution in [-0.2, 0) is 11.2 Å². The molecule has 1 saturated heterocycles. The predicted octanol–water partition coefficient (Wildman–Crippen LogP) is 0.349. The quantitative estimate of drug-likeness (QED) is 0.711. The average Bonchev–Trinajstić information content (AvgIpc) is 2.64. The molecule has 0 spiro atoms. The second-order valence-electron chi connectivity index (χ2n) is 4.29. The van der Waals surface area contributed by atoms with Crippen molar-refractivity contribution in [2.45, 2.75) is 25.4 Å². The topological polar surface area (TPSA) is 53.2 Å². The molecule has 0 aliphatic carbocycles. The molecule has 0 saturated carbocycles. The molecule has 1 fully saturated rings. The molecule has 92 valence electrons. The van der Waals surface area contributed by atoms with Gasteiger partial charge in [0.05, 0.1) is 12.5 Å². The molecule has 1 amide bonds. The van der Waals surface area contributed by atoms with E-state index < -0.39 is 0 Å². The van der Waals surface area contributed by atoms with Gasteiger partial charge in [0.15, 0.2) is 0 Å². The number of carbonyl (C=O) groups is 1. The number of nitrogens with one attached hydrogen (secondary N) is 3. The van der Waals surface area contributed by atoms with Gasteiger partial charge in [0.25, 0.3) is 0 Å². The Morgan fingerprint density at radius 2 is 2.41 bits per heavy atom. The van der Waals surface area contributed by atoms with Crippen molar-refractivity contribution in [2.24, 2.45) is 0 Å². The van der Waals surface area contributed by atoms with Crippen molar-refractivity contribution in [1.29, 1.82) is 0 Å². The minimum absolute atomic E-state index is 0.0797. The van der Waals surface area contributed by atoms with Gasteiger partial charge in [-0.2, -0.15) is 0 Å². The van der Waals surface area contributed by atoms with Gasteiger partial charge in [0, 0.05) is 12.6 Å². The second kappa shape index (κ2) is 5.25. The van der Waals surface area contributed by atoms with Gasteiger partial charge in [-0.3, -0.25) is 15.6 Å². The minimum atomic E-state index is -0.312. The van der Waals surface area contributed by atoms with Gasteiger partial charge in [-0.05, 0) is 24.6 Å². The lowest BCUT2D eigenvalue weighted by Gasteiger charge is -2.15. The lowest BCUT2D eigenvalue weighted by atomic mass is 10.1. The normalized spacial score (nSPS) is 23.6. The Balaban J connectivity index is 1.89. The van der Waals surface area contributed by atoms with Gasteiger partial charge >= 0.3 is 0 Å². The molecule has 3 N–H and O–H groups in total. The van der Waals surface area contributed by atoms with E-state index in [0.717, 1.165) is 0 Å². The summed E-state index contributed by atoms with van der Waals surface area (Å²) in [5.74, 6) is -0.397. The van der Waals surface area contributed by atoms with Crippen LogP contribution in [0.5, 0.6) is 0 Å². The van der Waals surface area contributed by atoms with Crippen molar-refractivity contribution >= 4 is 5.91 Å². The van der Waals surface area contributed by atoms with E-state index in [9.17, 15) is 9.18 Å². The fourth-order valence-electron chi connectivity index (χ4n) is 1.87. The Morgan fingerprint density at radius 1 is 1.59 bits per heavy atom. The largest absolute Gasteiger partial charge is 0.350 e. The first kappa shape index (κ1) is 12.0. The van der Waals surface area contributed by atoms with E-state index in [-0.39, 0.29) is 30.2 Å². The Labute approximate surface area is 99.6 Å². The molecule has 2 atom stereocenters. The average molecular weight is 237 g/mol. The van der Waals surface area contributed by atoms with Crippen LogP contribution >= 0.6 is 0 Å². The molecular formula is C12H16FN3O. The van der Waals surface area contributed by atoms with Crippen LogP contribution < -0.4 is 16.2 Å². The smallest absolute Gasteiger partial charge is 0.224 e. The summed E-state index contributed by atoms with van der Waals surface area (Å²) in [7, 11) is 0. The minimum Gasteiger partial charge on any atom is -0.350 e. The number of hydrogen-bond donors (Lipinski definition) is 3. The van der Waals surface area contributed by atoms with Crippen LogP contribution in [0.2, 0.25) is 0 Å². The van der Waals surface area contributed by atoms with Gasteiger partial charge in [0.1, 0.15) is 5.82 Å². The Kier molecular flexibility index (Phi) is 3.71. The number of amides is 1.